The van der Waals surface area contributed by atoms with Crippen LogP contribution in [-0.4, -0.2) is 23.3 Å². The molecule has 128 valence electrons. The van der Waals surface area contributed by atoms with Crippen molar-refractivity contribution < 1.29 is 9.59 Å². The first-order valence-electron chi connectivity index (χ1n) is 7.86. The minimum Gasteiger partial charge on any atom is -0.336 e. The van der Waals surface area contributed by atoms with Gasteiger partial charge in [0.05, 0.1) is 6.54 Å². The number of hydrogen-bond acceptors (Lipinski definition) is 3. The van der Waals surface area contributed by atoms with E-state index in [0.29, 0.717) is 11.6 Å². The van der Waals surface area contributed by atoms with Gasteiger partial charge in [-0.3, -0.25) is 14.5 Å². The van der Waals surface area contributed by atoms with Crippen molar-refractivity contribution in [2.24, 2.45) is 0 Å². The maximum atomic E-state index is 12.9. The predicted molar refractivity (Wildman–Crippen MR) is 99.4 cm³/mol. The molecule has 2 aromatic rings. The Balaban J connectivity index is 1.89. The lowest BCUT2D eigenvalue weighted by Gasteiger charge is -2.24. The van der Waals surface area contributed by atoms with E-state index in [0.717, 1.165) is 16.2 Å². The maximum Gasteiger partial charge on any atom is 0.279 e. The van der Waals surface area contributed by atoms with Gasteiger partial charge in [-0.05, 0) is 36.8 Å². The van der Waals surface area contributed by atoms with Crippen molar-refractivity contribution >= 4 is 40.7 Å². The number of anilines is 1. The van der Waals surface area contributed by atoms with Gasteiger partial charge in [-0.25, -0.2) is 0 Å². The van der Waals surface area contributed by atoms with Gasteiger partial charge < -0.3 is 4.90 Å². The summed E-state index contributed by atoms with van der Waals surface area (Å²) in [7, 11) is 0. The van der Waals surface area contributed by atoms with Crippen molar-refractivity contribution in [3.8, 4) is 0 Å². The minimum absolute atomic E-state index is 0.0512. The summed E-state index contributed by atoms with van der Waals surface area (Å²) in [6.07, 6.45) is 0. The van der Waals surface area contributed by atoms with Gasteiger partial charge in [0.25, 0.3) is 11.8 Å². The number of nitrogens with zero attached hydrogens (tertiary/aromatic N) is 2. The van der Waals surface area contributed by atoms with Crippen LogP contribution in [0.4, 0.5) is 5.69 Å². The van der Waals surface area contributed by atoms with E-state index >= 15 is 0 Å². The van der Waals surface area contributed by atoms with E-state index in [9.17, 15) is 9.59 Å². The summed E-state index contributed by atoms with van der Waals surface area (Å²) < 4.78 is 0. The number of rotatable bonds is 5. The number of imide groups is 1. The molecule has 0 saturated heterocycles. The van der Waals surface area contributed by atoms with E-state index in [1.54, 1.807) is 29.2 Å². The number of carbonyl (C=O) groups is 2. The van der Waals surface area contributed by atoms with Crippen LogP contribution in [0, 0.1) is 0 Å². The summed E-state index contributed by atoms with van der Waals surface area (Å²) in [4.78, 5) is 28.3. The molecule has 1 aliphatic heterocycles. The number of halogens is 2. The normalized spacial score (nSPS) is 14.4. The summed E-state index contributed by atoms with van der Waals surface area (Å²) in [6.45, 7) is 2.58. The third-order valence-electron chi connectivity index (χ3n) is 4.00. The second kappa shape index (κ2) is 7.30. The fraction of sp³-hybridized carbons (Fsp3) is 0.158. The van der Waals surface area contributed by atoms with Gasteiger partial charge in [-0.2, -0.15) is 0 Å². The average Bonchev–Trinajstić information content (AvgIpc) is 2.83. The van der Waals surface area contributed by atoms with Crippen molar-refractivity contribution in [3.05, 3.63) is 75.9 Å². The van der Waals surface area contributed by atoms with E-state index in [4.69, 9.17) is 23.2 Å². The number of amides is 2. The van der Waals surface area contributed by atoms with E-state index in [1.165, 1.54) is 0 Å². The second-order valence-electron chi connectivity index (χ2n) is 5.57. The Morgan fingerprint density at radius 3 is 2.16 bits per heavy atom. The van der Waals surface area contributed by atoms with Crippen LogP contribution in [0.15, 0.2) is 65.3 Å². The molecule has 0 radical (unpaired) electrons. The lowest BCUT2D eigenvalue weighted by atomic mass is 10.2. The zero-order valence-electron chi connectivity index (χ0n) is 13.6. The fourth-order valence-electron chi connectivity index (χ4n) is 2.76. The molecular formula is C19H16Cl2N2O2. The highest BCUT2D eigenvalue weighted by molar-refractivity contribution is 6.48. The van der Waals surface area contributed by atoms with Crippen molar-refractivity contribution in [3.63, 3.8) is 0 Å². The van der Waals surface area contributed by atoms with Crippen LogP contribution < -0.4 is 4.90 Å². The first kappa shape index (κ1) is 17.5. The Morgan fingerprint density at radius 2 is 1.56 bits per heavy atom. The molecule has 0 N–H and O–H groups in total. The number of para-hydroxylation sites is 1. The first-order valence-corrected chi connectivity index (χ1v) is 8.61. The summed E-state index contributed by atoms with van der Waals surface area (Å²) in [5, 5.41) is 0.547. The molecule has 0 atom stereocenters. The highest BCUT2D eigenvalue weighted by atomic mass is 35.5. The van der Waals surface area contributed by atoms with Crippen LogP contribution in [0.2, 0.25) is 5.02 Å². The van der Waals surface area contributed by atoms with Crippen molar-refractivity contribution in [1.29, 1.82) is 0 Å². The molecule has 3 rings (SSSR count). The lowest BCUT2D eigenvalue weighted by Crippen LogP contribution is -2.34. The number of likely N-dealkylation sites (N-methyl/N-ethyl adjacent to an activating group) is 1. The Hall–Kier alpha value is -2.30. The van der Waals surface area contributed by atoms with Crippen LogP contribution in [-0.2, 0) is 16.1 Å². The Kier molecular flexibility index (Phi) is 5.11. The van der Waals surface area contributed by atoms with Crippen molar-refractivity contribution in [1.82, 2.24) is 4.90 Å². The molecule has 0 aromatic heterocycles. The highest BCUT2D eigenvalue weighted by Crippen LogP contribution is 2.31. The van der Waals surface area contributed by atoms with Crippen LogP contribution in [0.25, 0.3) is 0 Å². The molecule has 6 heteroatoms. The molecule has 2 aromatic carbocycles. The molecule has 0 bridgehead atoms. The molecule has 0 aliphatic carbocycles. The van der Waals surface area contributed by atoms with Gasteiger partial charge in [0.1, 0.15) is 10.7 Å². The monoisotopic (exact) mass is 374 g/mol. The Labute approximate surface area is 156 Å². The molecule has 0 spiro atoms. The summed E-state index contributed by atoms with van der Waals surface area (Å²) in [5.41, 5.74) is 1.83. The number of carbonyl (C=O) groups excluding carboxylic acids is 2. The standard InChI is InChI=1S/C19H16Cl2N2O2/c1-2-22(15-6-4-3-5-7-15)17-16(21)18(24)23(19(17)25)12-13-8-10-14(20)11-9-13/h3-11H,2,12H2,1H3. The summed E-state index contributed by atoms with van der Waals surface area (Å²) >= 11 is 12.1. The summed E-state index contributed by atoms with van der Waals surface area (Å²) in [5.74, 6) is -0.873. The molecule has 25 heavy (non-hydrogen) atoms. The molecule has 1 aliphatic rings. The lowest BCUT2D eigenvalue weighted by molar-refractivity contribution is -0.138. The molecular weight excluding hydrogens is 359 g/mol. The molecule has 4 nitrogen and oxygen atoms in total. The maximum absolute atomic E-state index is 12.9. The quantitative estimate of drug-likeness (QED) is 0.736. The molecule has 0 saturated carbocycles. The third kappa shape index (κ3) is 3.41. The largest absolute Gasteiger partial charge is 0.336 e. The van der Waals surface area contributed by atoms with E-state index in [1.807, 2.05) is 37.3 Å². The minimum atomic E-state index is -0.481. The molecule has 0 unspecified atom stereocenters. The van der Waals surface area contributed by atoms with E-state index in [-0.39, 0.29) is 17.3 Å². The van der Waals surface area contributed by atoms with Gasteiger partial charge in [0.2, 0.25) is 0 Å². The third-order valence-corrected chi connectivity index (χ3v) is 4.59. The Bertz CT molecular complexity index is 832. The fourth-order valence-corrected chi connectivity index (χ4v) is 3.17. The van der Waals surface area contributed by atoms with Gasteiger partial charge in [-0.15, -0.1) is 0 Å². The van der Waals surface area contributed by atoms with Gasteiger partial charge in [0.15, 0.2) is 0 Å². The van der Waals surface area contributed by atoms with Gasteiger partial charge >= 0.3 is 0 Å². The first-order chi connectivity index (χ1) is 12.0. The second-order valence-corrected chi connectivity index (χ2v) is 6.38. The molecule has 2 amide bonds. The van der Waals surface area contributed by atoms with Crippen molar-refractivity contribution in [2.75, 3.05) is 11.4 Å². The van der Waals surface area contributed by atoms with Gasteiger partial charge in [-0.1, -0.05) is 53.5 Å². The van der Waals surface area contributed by atoms with Crippen LogP contribution >= 0.6 is 23.2 Å². The van der Waals surface area contributed by atoms with Gasteiger partial charge in [0, 0.05) is 17.3 Å². The van der Waals surface area contributed by atoms with Crippen LogP contribution in [0.1, 0.15) is 12.5 Å². The van der Waals surface area contributed by atoms with E-state index in [2.05, 4.69) is 0 Å². The zero-order chi connectivity index (χ0) is 18.0. The smallest absolute Gasteiger partial charge is 0.279 e. The SMILES string of the molecule is CCN(C1=C(Cl)C(=O)N(Cc2ccc(Cl)cc2)C1=O)c1ccccc1. The topological polar surface area (TPSA) is 40.6 Å². The predicted octanol–water partition coefficient (Wildman–Crippen LogP) is 4.19. The zero-order valence-corrected chi connectivity index (χ0v) is 15.1. The highest BCUT2D eigenvalue weighted by Gasteiger charge is 2.40. The molecule has 1 heterocycles. The number of hydrogen-bond donors (Lipinski definition) is 0. The summed E-state index contributed by atoms with van der Waals surface area (Å²) in [6, 6.07) is 16.4. The van der Waals surface area contributed by atoms with Crippen LogP contribution in [0.3, 0.4) is 0 Å². The van der Waals surface area contributed by atoms with E-state index < -0.39 is 11.8 Å². The number of benzene rings is 2. The Morgan fingerprint density at radius 1 is 0.920 bits per heavy atom. The van der Waals surface area contributed by atoms with Crippen molar-refractivity contribution in [2.45, 2.75) is 13.5 Å². The van der Waals surface area contributed by atoms with Crippen LogP contribution in [0.5, 0.6) is 0 Å². The average molecular weight is 375 g/mol. The molecule has 0 fully saturated rings.